The van der Waals surface area contributed by atoms with Crippen LogP contribution >= 0.6 is 0 Å². The van der Waals surface area contributed by atoms with E-state index in [1.54, 1.807) is 6.20 Å². The van der Waals surface area contributed by atoms with Crippen molar-refractivity contribution in [3.63, 3.8) is 0 Å². The van der Waals surface area contributed by atoms with Crippen LogP contribution in [0.1, 0.15) is 24.6 Å². The lowest BCUT2D eigenvalue weighted by molar-refractivity contribution is 0.167. The molecule has 0 aromatic carbocycles. The Morgan fingerprint density at radius 2 is 2.28 bits per heavy atom. The lowest BCUT2D eigenvalue weighted by atomic mass is 9.97. The molecule has 96 valence electrons. The zero-order valence-corrected chi connectivity index (χ0v) is 10.4. The summed E-state index contributed by atoms with van der Waals surface area (Å²) < 4.78 is 0. The molecule has 4 N–H and O–H groups in total. The van der Waals surface area contributed by atoms with Gasteiger partial charge >= 0.3 is 0 Å². The summed E-state index contributed by atoms with van der Waals surface area (Å²) in [7, 11) is 2.08. The second kappa shape index (κ2) is 4.26. The molecule has 2 aromatic heterocycles. The van der Waals surface area contributed by atoms with Gasteiger partial charge < -0.3 is 15.7 Å². The van der Waals surface area contributed by atoms with E-state index >= 15 is 0 Å². The zero-order chi connectivity index (χ0) is 12.7. The Hall–Kier alpha value is -1.59. The third-order valence-corrected chi connectivity index (χ3v) is 3.80. The molecule has 0 amide bonds. The number of hydrogen-bond donors (Lipinski definition) is 3. The number of hydrogen-bond acceptors (Lipinski definition) is 3. The van der Waals surface area contributed by atoms with E-state index in [-0.39, 0.29) is 11.6 Å². The molecule has 0 aliphatic carbocycles. The Kier molecular flexibility index (Phi) is 2.72. The summed E-state index contributed by atoms with van der Waals surface area (Å²) in [5.41, 5.74) is 7.93. The zero-order valence-electron chi connectivity index (χ0n) is 10.4. The first-order chi connectivity index (χ1) is 8.65. The summed E-state index contributed by atoms with van der Waals surface area (Å²) in [6.45, 7) is 0.899. The van der Waals surface area contributed by atoms with Gasteiger partial charge in [-0.15, -0.1) is 0 Å². The molecule has 2 unspecified atom stereocenters. The molecule has 1 aliphatic heterocycles. The maximum Gasteiger partial charge on any atom is 0.257 e. The molecule has 2 atom stereocenters. The van der Waals surface area contributed by atoms with Gasteiger partial charge in [0, 0.05) is 30.5 Å². The highest BCUT2D eigenvalue weighted by atomic mass is 16.1. The quantitative estimate of drug-likeness (QED) is 0.701. The van der Waals surface area contributed by atoms with Gasteiger partial charge in [0.05, 0.1) is 10.9 Å². The molecule has 3 rings (SSSR count). The molecule has 1 aliphatic rings. The van der Waals surface area contributed by atoms with E-state index in [0.717, 1.165) is 36.0 Å². The molecule has 5 heteroatoms. The summed E-state index contributed by atoms with van der Waals surface area (Å²) in [4.78, 5) is 20.0. The molecular formula is C13H18N4O. The third kappa shape index (κ3) is 1.85. The molecule has 0 spiro atoms. The van der Waals surface area contributed by atoms with Crippen LogP contribution in [0.2, 0.25) is 0 Å². The Labute approximate surface area is 105 Å². The molecule has 2 aromatic rings. The number of rotatable bonds is 1. The van der Waals surface area contributed by atoms with Crippen molar-refractivity contribution in [1.29, 1.82) is 0 Å². The van der Waals surface area contributed by atoms with Gasteiger partial charge in [-0.05, 0) is 32.0 Å². The van der Waals surface area contributed by atoms with E-state index in [9.17, 15) is 4.79 Å². The fourth-order valence-corrected chi connectivity index (χ4v) is 2.84. The van der Waals surface area contributed by atoms with Gasteiger partial charge in [-0.25, -0.2) is 0 Å². The molecule has 0 saturated carbocycles. The van der Waals surface area contributed by atoms with Gasteiger partial charge in [-0.1, -0.05) is 0 Å². The summed E-state index contributed by atoms with van der Waals surface area (Å²) in [6, 6.07) is 4.46. The number of nitrogens with two attached hydrogens (primary N) is 1. The number of nitrogens with one attached hydrogen (secondary N) is 2. The highest BCUT2D eigenvalue weighted by Gasteiger charge is 2.26. The smallest absolute Gasteiger partial charge is 0.257 e. The Morgan fingerprint density at radius 1 is 1.44 bits per heavy atom. The number of likely N-dealkylation sites (N-methyl/N-ethyl adjacent to an activating group) is 1. The Balaban J connectivity index is 1.99. The first-order valence-corrected chi connectivity index (χ1v) is 6.31. The molecule has 0 radical (unpaired) electrons. The minimum absolute atomic E-state index is 0.0369. The van der Waals surface area contributed by atoms with Gasteiger partial charge in [-0.2, -0.15) is 0 Å². The van der Waals surface area contributed by atoms with Gasteiger partial charge in [0.2, 0.25) is 0 Å². The summed E-state index contributed by atoms with van der Waals surface area (Å²) >= 11 is 0. The average Bonchev–Trinajstić information content (AvgIpc) is 2.74. The van der Waals surface area contributed by atoms with Gasteiger partial charge in [0.1, 0.15) is 0 Å². The number of likely N-dealkylation sites (tertiary alicyclic amines) is 1. The van der Waals surface area contributed by atoms with Crippen LogP contribution in [0.15, 0.2) is 23.1 Å². The largest absolute Gasteiger partial charge is 0.357 e. The first kappa shape index (κ1) is 11.5. The molecular weight excluding hydrogens is 228 g/mol. The van der Waals surface area contributed by atoms with Crippen molar-refractivity contribution in [2.24, 2.45) is 5.73 Å². The first-order valence-electron chi connectivity index (χ1n) is 6.31. The fraction of sp³-hybridized carbons (Fsp3) is 0.462. The number of H-pyrrole nitrogens is 2. The van der Waals surface area contributed by atoms with E-state index in [1.165, 1.54) is 0 Å². The van der Waals surface area contributed by atoms with Crippen LogP contribution < -0.4 is 11.3 Å². The topological polar surface area (TPSA) is 77.9 Å². The maximum absolute atomic E-state index is 11.7. The number of pyridine rings is 1. The van der Waals surface area contributed by atoms with E-state index in [4.69, 9.17) is 5.73 Å². The van der Waals surface area contributed by atoms with E-state index in [0.29, 0.717) is 6.04 Å². The monoisotopic (exact) mass is 246 g/mol. The second-order valence-electron chi connectivity index (χ2n) is 5.15. The third-order valence-electron chi connectivity index (χ3n) is 3.80. The molecule has 3 heterocycles. The summed E-state index contributed by atoms with van der Waals surface area (Å²) in [5.74, 6) is 0. The number of fused-ring (bicyclic) bond motifs is 1. The molecule has 5 nitrogen and oxygen atoms in total. The fourth-order valence-electron chi connectivity index (χ4n) is 2.84. The van der Waals surface area contributed by atoms with Crippen LogP contribution in [0.5, 0.6) is 0 Å². The number of aromatic nitrogens is 2. The van der Waals surface area contributed by atoms with Crippen LogP contribution in [0.25, 0.3) is 10.9 Å². The standard InChI is InChI=1S/C13H18N4O/c1-17-7-8(14)2-3-12(17)11-6-9-10(16-11)4-5-15-13(9)18/h4-6,8,12,16H,2-3,7,14H2,1H3,(H,15,18). The van der Waals surface area contributed by atoms with Crippen LogP contribution in [0.3, 0.4) is 0 Å². The summed E-state index contributed by atoms with van der Waals surface area (Å²) in [6.07, 6.45) is 3.73. The Morgan fingerprint density at radius 3 is 3.00 bits per heavy atom. The average molecular weight is 246 g/mol. The van der Waals surface area contributed by atoms with E-state index < -0.39 is 0 Å². The SMILES string of the molecule is CN1CC(N)CCC1c1cc2c(=O)[nH]ccc2[nH]1. The number of aromatic amines is 2. The predicted molar refractivity (Wildman–Crippen MR) is 71.5 cm³/mol. The number of piperidine rings is 1. The minimum atomic E-state index is -0.0369. The molecule has 0 bridgehead atoms. The highest BCUT2D eigenvalue weighted by molar-refractivity contribution is 5.79. The van der Waals surface area contributed by atoms with E-state index in [2.05, 4.69) is 21.9 Å². The molecule has 1 fully saturated rings. The van der Waals surface area contributed by atoms with Crippen molar-refractivity contribution in [1.82, 2.24) is 14.9 Å². The lowest BCUT2D eigenvalue weighted by Gasteiger charge is -2.35. The lowest BCUT2D eigenvalue weighted by Crippen LogP contribution is -2.42. The maximum atomic E-state index is 11.7. The van der Waals surface area contributed by atoms with Crippen molar-refractivity contribution in [3.05, 3.63) is 34.4 Å². The molecule has 1 saturated heterocycles. The van der Waals surface area contributed by atoms with Crippen LogP contribution in [0, 0.1) is 0 Å². The van der Waals surface area contributed by atoms with Crippen LogP contribution in [-0.4, -0.2) is 34.5 Å². The van der Waals surface area contributed by atoms with Crippen molar-refractivity contribution >= 4 is 10.9 Å². The van der Waals surface area contributed by atoms with E-state index in [1.807, 2.05) is 12.1 Å². The molecule has 18 heavy (non-hydrogen) atoms. The minimum Gasteiger partial charge on any atom is -0.357 e. The highest BCUT2D eigenvalue weighted by Crippen LogP contribution is 2.29. The van der Waals surface area contributed by atoms with Crippen LogP contribution in [0.4, 0.5) is 0 Å². The van der Waals surface area contributed by atoms with Crippen molar-refractivity contribution in [2.45, 2.75) is 24.9 Å². The normalized spacial score (nSPS) is 25.7. The van der Waals surface area contributed by atoms with Crippen molar-refractivity contribution in [2.75, 3.05) is 13.6 Å². The van der Waals surface area contributed by atoms with Gasteiger partial charge in [0.25, 0.3) is 5.56 Å². The van der Waals surface area contributed by atoms with Crippen LogP contribution in [-0.2, 0) is 0 Å². The number of nitrogens with zero attached hydrogens (tertiary/aromatic N) is 1. The van der Waals surface area contributed by atoms with Crippen molar-refractivity contribution < 1.29 is 0 Å². The van der Waals surface area contributed by atoms with Gasteiger partial charge in [0.15, 0.2) is 0 Å². The van der Waals surface area contributed by atoms with Gasteiger partial charge in [-0.3, -0.25) is 9.69 Å². The predicted octanol–water partition coefficient (Wildman–Crippen LogP) is 0.950. The Bertz CT molecular complexity index is 615. The summed E-state index contributed by atoms with van der Waals surface area (Å²) in [5, 5.41) is 0.732. The second-order valence-corrected chi connectivity index (χ2v) is 5.15. The van der Waals surface area contributed by atoms with Crippen molar-refractivity contribution in [3.8, 4) is 0 Å².